The van der Waals surface area contributed by atoms with Crippen molar-refractivity contribution in [2.24, 2.45) is 0 Å². The zero-order valence-corrected chi connectivity index (χ0v) is 24.0. The van der Waals surface area contributed by atoms with Crippen molar-refractivity contribution in [1.29, 1.82) is 0 Å². The highest BCUT2D eigenvalue weighted by atomic mass is 127. The van der Waals surface area contributed by atoms with Crippen LogP contribution in [0, 0.1) is 17.6 Å². The Morgan fingerprint density at radius 2 is 1.52 bits per heavy atom. The predicted octanol–water partition coefficient (Wildman–Crippen LogP) is 6.48. The van der Waals surface area contributed by atoms with Crippen LogP contribution in [0.5, 0.6) is 5.75 Å². The van der Waals surface area contributed by atoms with Crippen LogP contribution >= 0.6 is 67.8 Å². The lowest BCUT2D eigenvalue weighted by Crippen LogP contribution is -2.30. The minimum absolute atomic E-state index is 0.239. The van der Waals surface area contributed by atoms with Gasteiger partial charge in [0.25, 0.3) is 5.91 Å². The summed E-state index contributed by atoms with van der Waals surface area (Å²) in [5.41, 5.74) is 4.23. The quantitative estimate of drug-likeness (QED) is 0.177. The van der Waals surface area contributed by atoms with Gasteiger partial charge in [-0.15, -0.1) is 0 Å². The van der Waals surface area contributed by atoms with E-state index in [9.17, 15) is 9.59 Å². The number of nitrogens with zero attached hydrogens (tertiary/aromatic N) is 1. The smallest absolute Gasteiger partial charge is 0.329 e. The second kappa shape index (κ2) is 10.7. The third-order valence-electron chi connectivity index (χ3n) is 5.05. The van der Waals surface area contributed by atoms with E-state index in [0.717, 1.165) is 35.1 Å². The first-order valence-corrected chi connectivity index (χ1v) is 13.3. The minimum atomic E-state index is -0.409. The molecule has 0 radical (unpaired) electrons. The molecule has 5 nitrogen and oxygen atoms in total. The Morgan fingerprint density at radius 3 is 2.15 bits per heavy atom. The van der Waals surface area contributed by atoms with Crippen molar-refractivity contribution < 1.29 is 14.3 Å². The Hall–Kier alpha value is -1.67. The molecule has 0 bridgehead atoms. The topological polar surface area (TPSA) is 58.6 Å². The van der Waals surface area contributed by atoms with Gasteiger partial charge in [0.2, 0.25) is 0 Å². The minimum Gasteiger partial charge on any atom is -0.487 e. The molecule has 0 aliphatic carbocycles. The van der Waals surface area contributed by atoms with Crippen LogP contribution in [-0.2, 0) is 17.9 Å². The van der Waals surface area contributed by atoms with Crippen molar-refractivity contribution >= 4 is 85.8 Å². The third kappa shape index (κ3) is 6.07. The summed E-state index contributed by atoms with van der Waals surface area (Å²) in [5, 5.41) is 2.70. The Balaban J connectivity index is 1.49. The van der Waals surface area contributed by atoms with Crippen LogP contribution in [0.4, 0.5) is 4.79 Å². The largest absolute Gasteiger partial charge is 0.487 e. The third-order valence-corrected chi connectivity index (χ3v) is 7.37. The molecule has 1 aliphatic heterocycles. The number of nitrogens with one attached hydrogen (secondary N) is 1. The zero-order chi connectivity index (χ0) is 23.5. The summed E-state index contributed by atoms with van der Waals surface area (Å²) in [6.07, 6.45) is 1.71. The van der Waals surface area contributed by atoms with Gasteiger partial charge < -0.3 is 10.1 Å². The molecule has 0 saturated carbocycles. The molecule has 3 aromatic rings. The molecule has 1 heterocycles. The predicted molar refractivity (Wildman–Crippen MR) is 154 cm³/mol. The normalized spacial score (nSPS) is 14.7. The van der Waals surface area contributed by atoms with Gasteiger partial charge in [-0.3, -0.25) is 9.69 Å². The number of hydrogen-bond donors (Lipinski definition) is 1. The van der Waals surface area contributed by atoms with Gasteiger partial charge in [-0.1, -0.05) is 42.0 Å². The maximum absolute atomic E-state index is 12.9. The van der Waals surface area contributed by atoms with Crippen LogP contribution in [0.1, 0.15) is 22.3 Å². The van der Waals surface area contributed by atoms with Crippen molar-refractivity contribution in [2.75, 3.05) is 0 Å². The van der Waals surface area contributed by atoms with E-state index in [1.54, 1.807) is 6.08 Å². The number of halogens is 3. The fraction of sp³-hybridized carbons (Fsp3) is 0.120. The number of carbonyl (C=O) groups is 2. The number of carbonyl (C=O) groups excluding carboxylic acids is 2. The van der Waals surface area contributed by atoms with Crippen molar-refractivity contribution in [3.05, 3.63) is 99.3 Å². The molecule has 1 N–H and O–H groups in total. The van der Waals surface area contributed by atoms with E-state index in [2.05, 4.69) is 97.4 Å². The Bertz CT molecular complexity index is 1220. The van der Waals surface area contributed by atoms with Crippen LogP contribution in [0.3, 0.4) is 0 Å². The second-order valence-electron chi connectivity index (χ2n) is 7.59. The van der Waals surface area contributed by atoms with E-state index < -0.39 is 6.03 Å². The highest BCUT2D eigenvalue weighted by molar-refractivity contribution is 14.1. The van der Waals surface area contributed by atoms with Crippen LogP contribution in [-0.4, -0.2) is 16.8 Å². The Kier molecular flexibility index (Phi) is 7.95. The molecule has 3 amide bonds. The highest BCUT2D eigenvalue weighted by Crippen LogP contribution is 2.31. The monoisotopic (exact) mass is 776 g/mol. The Labute approximate surface area is 233 Å². The lowest BCUT2D eigenvalue weighted by Gasteiger charge is -2.12. The SMILES string of the molecule is Cc1ccc(CN2C(=O)N/C(=C/c3cc(I)c(OCc4ccc(I)cc4)c(I)c3)C2=O)cc1. The van der Waals surface area contributed by atoms with Crippen molar-refractivity contribution in [2.45, 2.75) is 20.1 Å². The molecule has 33 heavy (non-hydrogen) atoms. The number of benzene rings is 3. The van der Waals surface area contributed by atoms with Gasteiger partial charge in [-0.2, -0.15) is 0 Å². The van der Waals surface area contributed by atoms with E-state index >= 15 is 0 Å². The highest BCUT2D eigenvalue weighted by Gasteiger charge is 2.33. The van der Waals surface area contributed by atoms with Gasteiger partial charge in [0.15, 0.2) is 0 Å². The molecule has 1 fully saturated rings. The van der Waals surface area contributed by atoms with Gasteiger partial charge >= 0.3 is 6.03 Å². The van der Waals surface area contributed by atoms with Crippen molar-refractivity contribution in [3.8, 4) is 5.75 Å². The van der Waals surface area contributed by atoms with E-state index in [-0.39, 0.29) is 18.1 Å². The number of ether oxygens (including phenoxy) is 1. The summed E-state index contributed by atoms with van der Waals surface area (Å²) in [6.45, 7) is 2.72. The number of imide groups is 1. The van der Waals surface area contributed by atoms with Gasteiger partial charge in [0.1, 0.15) is 18.1 Å². The molecule has 0 spiro atoms. The number of amides is 3. The van der Waals surface area contributed by atoms with E-state index in [1.165, 1.54) is 8.47 Å². The van der Waals surface area contributed by atoms with Crippen LogP contribution in [0.25, 0.3) is 6.08 Å². The Morgan fingerprint density at radius 1 is 0.909 bits per heavy atom. The number of hydrogen-bond acceptors (Lipinski definition) is 3. The second-order valence-corrected chi connectivity index (χ2v) is 11.2. The molecule has 4 rings (SSSR count). The van der Waals surface area contributed by atoms with Crippen LogP contribution in [0.2, 0.25) is 0 Å². The lowest BCUT2D eigenvalue weighted by molar-refractivity contribution is -0.123. The lowest BCUT2D eigenvalue weighted by atomic mass is 10.1. The van der Waals surface area contributed by atoms with E-state index in [0.29, 0.717) is 6.61 Å². The van der Waals surface area contributed by atoms with Crippen LogP contribution in [0.15, 0.2) is 66.4 Å². The maximum Gasteiger partial charge on any atom is 0.329 e. The zero-order valence-electron chi connectivity index (χ0n) is 17.6. The molecular weight excluding hydrogens is 757 g/mol. The molecule has 3 aromatic carbocycles. The molecule has 1 saturated heterocycles. The summed E-state index contributed by atoms with van der Waals surface area (Å²) < 4.78 is 9.12. The summed E-state index contributed by atoms with van der Waals surface area (Å²) in [7, 11) is 0. The molecular formula is C25H19I3N2O3. The van der Waals surface area contributed by atoms with Gasteiger partial charge in [-0.25, -0.2) is 4.79 Å². The standard InChI is InChI=1S/C25H19I3N2O3/c1-15-2-4-16(5-3-15)13-30-24(31)22(29-25(30)32)12-18-10-20(27)23(21(28)11-18)33-14-17-6-8-19(26)9-7-17/h2-12H,13-14H2,1H3,(H,29,32)/b22-12+. The van der Waals surface area contributed by atoms with Gasteiger partial charge in [0, 0.05) is 3.57 Å². The van der Waals surface area contributed by atoms with E-state index in [1.807, 2.05) is 43.3 Å². The molecule has 0 atom stereocenters. The average Bonchev–Trinajstić information content (AvgIpc) is 3.03. The summed E-state index contributed by atoms with van der Waals surface area (Å²) in [4.78, 5) is 26.5. The molecule has 0 aromatic heterocycles. The fourth-order valence-electron chi connectivity index (χ4n) is 3.29. The average molecular weight is 776 g/mol. The van der Waals surface area contributed by atoms with Crippen molar-refractivity contribution in [1.82, 2.24) is 10.2 Å². The van der Waals surface area contributed by atoms with E-state index in [4.69, 9.17) is 4.74 Å². The van der Waals surface area contributed by atoms with Gasteiger partial charge in [0.05, 0.1) is 13.7 Å². The summed E-state index contributed by atoms with van der Waals surface area (Å²) in [6, 6.07) is 19.5. The maximum atomic E-state index is 12.9. The number of aryl methyl sites for hydroxylation is 1. The van der Waals surface area contributed by atoms with Crippen LogP contribution < -0.4 is 10.1 Å². The summed E-state index contributed by atoms with van der Waals surface area (Å²) >= 11 is 6.75. The fourth-order valence-corrected chi connectivity index (χ4v) is 5.78. The first-order chi connectivity index (χ1) is 15.8. The first kappa shape index (κ1) is 24.5. The molecule has 8 heteroatoms. The molecule has 1 aliphatic rings. The van der Waals surface area contributed by atoms with Crippen molar-refractivity contribution in [3.63, 3.8) is 0 Å². The molecule has 0 unspecified atom stereocenters. The molecule has 168 valence electrons. The number of urea groups is 1. The summed E-state index contributed by atoms with van der Waals surface area (Å²) in [5.74, 6) is 0.476. The first-order valence-electron chi connectivity index (χ1n) is 10.1. The number of rotatable bonds is 6. The van der Waals surface area contributed by atoms with Gasteiger partial charge in [-0.05, 0) is 122 Å².